The molecule has 0 bridgehead atoms. The van der Waals surface area contributed by atoms with Crippen LogP contribution in [0, 0.1) is 0 Å². The van der Waals surface area contributed by atoms with E-state index in [1.807, 2.05) is 19.9 Å². The van der Waals surface area contributed by atoms with Crippen molar-refractivity contribution in [2.24, 2.45) is 5.73 Å². The number of allylic oxidation sites excluding steroid dienone is 1. The standard InChI is InChI=1S/C9H19NO/c1-4-5-6-7-11-8-9(2,3)10/h4H,1,5-8,10H2,2-3H3. The third kappa shape index (κ3) is 9.66. The molecule has 0 aliphatic carbocycles. The monoisotopic (exact) mass is 157 g/mol. The zero-order chi connectivity index (χ0) is 8.74. The van der Waals surface area contributed by atoms with E-state index in [4.69, 9.17) is 10.5 Å². The minimum absolute atomic E-state index is 0.200. The van der Waals surface area contributed by atoms with Crippen LogP contribution in [0.25, 0.3) is 0 Å². The van der Waals surface area contributed by atoms with E-state index in [0.29, 0.717) is 6.61 Å². The molecule has 0 aromatic heterocycles. The predicted octanol–water partition coefficient (Wildman–Crippen LogP) is 1.71. The molecule has 66 valence electrons. The van der Waals surface area contributed by atoms with Crippen molar-refractivity contribution in [3.8, 4) is 0 Å². The summed E-state index contributed by atoms with van der Waals surface area (Å²) >= 11 is 0. The van der Waals surface area contributed by atoms with Gasteiger partial charge in [0.25, 0.3) is 0 Å². The van der Waals surface area contributed by atoms with Gasteiger partial charge in [0.05, 0.1) is 6.61 Å². The zero-order valence-corrected chi connectivity index (χ0v) is 7.60. The minimum Gasteiger partial charge on any atom is -0.380 e. The van der Waals surface area contributed by atoms with E-state index in [1.165, 1.54) is 0 Å². The van der Waals surface area contributed by atoms with Gasteiger partial charge in [-0.25, -0.2) is 0 Å². The normalized spacial score (nSPS) is 11.5. The molecule has 0 radical (unpaired) electrons. The summed E-state index contributed by atoms with van der Waals surface area (Å²) in [6, 6.07) is 0. The van der Waals surface area contributed by atoms with Gasteiger partial charge >= 0.3 is 0 Å². The molecule has 0 aliphatic rings. The third-order valence-corrected chi connectivity index (χ3v) is 1.17. The molecule has 0 spiro atoms. The Morgan fingerprint density at radius 1 is 1.55 bits per heavy atom. The molecule has 2 nitrogen and oxygen atoms in total. The molecular weight excluding hydrogens is 138 g/mol. The predicted molar refractivity (Wildman–Crippen MR) is 48.5 cm³/mol. The van der Waals surface area contributed by atoms with E-state index in [2.05, 4.69) is 6.58 Å². The summed E-state index contributed by atoms with van der Waals surface area (Å²) in [5, 5.41) is 0. The molecule has 0 fully saturated rings. The number of unbranched alkanes of at least 4 members (excludes halogenated alkanes) is 1. The second-order valence-corrected chi connectivity index (χ2v) is 3.47. The summed E-state index contributed by atoms with van der Waals surface area (Å²) < 4.78 is 5.33. The van der Waals surface area contributed by atoms with Crippen molar-refractivity contribution in [2.45, 2.75) is 32.2 Å². The molecule has 0 rings (SSSR count). The molecule has 2 heteroatoms. The molecular formula is C9H19NO. The van der Waals surface area contributed by atoms with Gasteiger partial charge in [0, 0.05) is 12.1 Å². The van der Waals surface area contributed by atoms with E-state index in [-0.39, 0.29) is 5.54 Å². The fraction of sp³-hybridized carbons (Fsp3) is 0.778. The number of ether oxygens (including phenoxy) is 1. The van der Waals surface area contributed by atoms with Crippen molar-refractivity contribution in [1.29, 1.82) is 0 Å². The van der Waals surface area contributed by atoms with E-state index < -0.39 is 0 Å². The summed E-state index contributed by atoms with van der Waals surface area (Å²) in [5.74, 6) is 0. The van der Waals surface area contributed by atoms with Crippen LogP contribution >= 0.6 is 0 Å². The van der Waals surface area contributed by atoms with E-state index >= 15 is 0 Å². The van der Waals surface area contributed by atoms with Crippen molar-refractivity contribution in [1.82, 2.24) is 0 Å². The lowest BCUT2D eigenvalue weighted by Gasteiger charge is -2.17. The summed E-state index contributed by atoms with van der Waals surface area (Å²) in [4.78, 5) is 0. The van der Waals surface area contributed by atoms with Crippen LogP contribution in [-0.4, -0.2) is 18.8 Å². The number of hydrogen-bond donors (Lipinski definition) is 1. The van der Waals surface area contributed by atoms with Gasteiger partial charge in [-0.15, -0.1) is 6.58 Å². The molecule has 0 saturated carbocycles. The SMILES string of the molecule is C=CCCCOCC(C)(C)N. The van der Waals surface area contributed by atoms with E-state index in [1.54, 1.807) is 0 Å². The topological polar surface area (TPSA) is 35.2 Å². The fourth-order valence-electron chi connectivity index (χ4n) is 0.665. The molecule has 0 aromatic rings. The van der Waals surface area contributed by atoms with Crippen LogP contribution in [0.5, 0.6) is 0 Å². The van der Waals surface area contributed by atoms with Crippen molar-refractivity contribution < 1.29 is 4.74 Å². The summed E-state index contributed by atoms with van der Waals surface area (Å²) in [6.07, 6.45) is 3.96. The van der Waals surface area contributed by atoms with Crippen molar-refractivity contribution in [3.63, 3.8) is 0 Å². The van der Waals surface area contributed by atoms with Crippen LogP contribution in [0.1, 0.15) is 26.7 Å². The van der Waals surface area contributed by atoms with Crippen LogP contribution in [0.3, 0.4) is 0 Å². The molecule has 0 aromatic carbocycles. The Morgan fingerprint density at radius 2 is 2.18 bits per heavy atom. The lowest BCUT2D eigenvalue weighted by molar-refractivity contribution is 0.0959. The highest BCUT2D eigenvalue weighted by Gasteiger charge is 2.09. The van der Waals surface area contributed by atoms with Crippen LogP contribution in [0.4, 0.5) is 0 Å². The molecule has 0 atom stereocenters. The Bertz CT molecular complexity index is 105. The first-order valence-electron chi connectivity index (χ1n) is 4.04. The summed E-state index contributed by atoms with van der Waals surface area (Å²) in [5.41, 5.74) is 5.50. The maximum absolute atomic E-state index is 5.71. The first-order valence-corrected chi connectivity index (χ1v) is 4.04. The highest BCUT2D eigenvalue weighted by Crippen LogP contribution is 1.98. The molecule has 0 heterocycles. The molecule has 0 amide bonds. The van der Waals surface area contributed by atoms with Gasteiger partial charge in [-0.1, -0.05) is 6.08 Å². The third-order valence-electron chi connectivity index (χ3n) is 1.17. The molecule has 0 unspecified atom stereocenters. The van der Waals surface area contributed by atoms with Crippen LogP contribution < -0.4 is 5.73 Å². The van der Waals surface area contributed by atoms with E-state index in [0.717, 1.165) is 19.4 Å². The van der Waals surface area contributed by atoms with Gasteiger partial charge in [0.2, 0.25) is 0 Å². The second-order valence-electron chi connectivity index (χ2n) is 3.47. The average Bonchev–Trinajstić information content (AvgIpc) is 1.85. The maximum Gasteiger partial charge on any atom is 0.0640 e. The highest BCUT2D eigenvalue weighted by molar-refractivity contribution is 4.70. The second kappa shape index (κ2) is 5.33. The lowest BCUT2D eigenvalue weighted by Crippen LogP contribution is -2.37. The van der Waals surface area contributed by atoms with Gasteiger partial charge < -0.3 is 10.5 Å². The first-order chi connectivity index (χ1) is 5.06. The maximum atomic E-state index is 5.71. The van der Waals surface area contributed by atoms with Gasteiger partial charge in [-0.3, -0.25) is 0 Å². The smallest absolute Gasteiger partial charge is 0.0640 e. The Balaban J connectivity index is 3.08. The summed E-state index contributed by atoms with van der Waals surface area (Å²) in [6.45, 7) is 8.96. The average molecular weight is 157 g/mol. The minimum atomic E-state index is -0.200. The lowest BCUT2D eigenvalue weighted by atomic mass is 10.1. The fourth-order valence-corrected chi connectivity index (χ4v) is 0.665. The van der Waals surface area contributed by atoms with Crippen LogP contribution in [0.15, 0.2) is 12.7 Å². The van der Waals surface area contributed by atoms with Crippen LogP contribution in [-0.2, 0) is 4.74 Å². The van der Waals surface area contributed by atoms with Crippen molar-refractivity contribution >= 4 is 0 Å². The Morgan fingerprint density at radius 3 is 2.64 bits per heavy atom. The Labute approximate surface area is 69.4 Å². The molecule has 2 N–H and O–H groups in total. The van der Waals surface area contributed by atoms with Crippen molar-refractivity contribution in [2.75, 3.05) is 13.2 Å². The van der Waals surface area contributed by atoms with Gasteiger partial charge in [-0.05, 0) is 26.7 Å². The van der Waals surface area contributed by atoms with E-state index in [9.17, 15) is 0 Å². The van der Waals surface area contributed by atoms with Gasteiger partial charge in [0.1, 0.15) is 0 Å². The Kier molecular flexibility index (Phi) is 5.16. The first kappa shape index (κ1) is 10.7. The number of nitrogens with two attached hydrogens (primary N) is 1. The van der Waals surface area contributed by atoms with Gasteiger partial charge in [-0.2, -0.15) is 0 Å². The highest BCUT2D eigenvalue weighted by atomic mass is 16.5. The molecule has 0 saturated heterocycles. The number of rotatable bonds is 6. The van der Waals surface area contributed by atoms with Crippen LogP contribution in [0.2, 0.25) is 0 Å². The molecule has 0 aliphatic heterocycles. The van der Waals surface area contributed by atoms with Crippen molar-refractivity contribution in [3.05, 3.63) is 12.7 Å². The Hall–Kier alpha value is -0.340. The largest absolute Gasteiger partial charge is 0.380 e. The molecule has 11 heavy (non-hydrogen) atoms. The summed E-state index contributed by atoms with van der Waals surface area (Å²) in [7, 11) is 0. The number of hydrogen-bond acceptors (Lipinski definition) is 2. The van der Waals surface area contributed by atoms with Gasteiger partial charge in [0.15, 0.2) is 0 Å². The quantitative estimate of drug-likeness (QED) is 0.470. The zero-order valence-electron chi connectivity index (χ0n) is 7.60.